The third-order valence-electron chi connectivity index (χ3n) is 7.62. The highest BCUT2D eigenvalue weighted by atomic mass is 79.9. The predicted octanol–water partition coefficient (Wildman–Crippen LogP) is 9.63. The number of nitrogens with one attached hydrogen (secondary N) is 1. The van der Waals surface area contributed by atoms with Crippen molar-refractivity contribution < 1.29 is 18.8 Å². The number of aliphatic imine (C=N–C) groups is 1. The van der Waals surface area contributed by atoms with Crippen LogP contribution in [-0.4, -0.2) is 55.1 Å². The molecule has 49 heavy (non-hydrogen) atoms. The first-order valence-electron chi connectivity index (χ1n) is 15.2. The quantitative estimate of drug-likeness (QED) is 0.0698. The molecule has 0 unspecified atom stereocenters. The minimum absolute atomic E-state index is 0. The second-order valence-electron chi connectivity index (χ2n) is 10.8. The molecule has 1 fully saturated rings. The lowest BCUT2D eigenvalue weighted by atomic mass is 10.1. The zero-order valence-corrected chi connectivity index (χ0v) is 31.0. The van der Waals surface area contributed by atoms with Crippen molar-refractivity contribution in [2.24, 2.45) is 4.99 Å². The fourth-order valence-electron chi connectivity index (χ4n) is 5.18. The van der Waals surface area contributed by atoms with Crippen LogP contribution >= 0.6 is 63.4 Å². The third kappa shape index (κ3) is 10.3. The molecule has 4 aromatic rings. The van der Waals surface area contributed by atoms with E-state index in [9.17, 15) is 14.5 Å². The van der Waals surface area contributed by atoms with E-state index in [1.807, 2.05) is 18.2 Å². The number of halogens is 6. The summed E-state index contributed by atoms with van der Waals surface area (Å²) >= 11 is 24.8. The van der Waals surface area contributed by atoms with Gasteiger partial charge in [-0.05, 0) is 61.4 Å². The average Bonchev–Trinajstić information content (AvgIpc) is 3.06. The number of hydrogen-bond acceptors (Lipinski definition) is 6. The molecule has 0 atom stereocenters. The zero-order valence-electron chi connectivity index (χ0n) is 26.3. The van der Waals surface area contributed by atoms with Gasteiger partial charge in [0.1, 0.15) is 17.3 Å². The Morgan fingerprint density at radius 2 is 1.61 bits per heavy atom. The van der Waals surface area contributed by atoms with Gasteiger partial charge in [-0.25, -0.2) is 9.38 Å². The Bertz CT molecular complexity index is 1810. The third-order valence-corrected chi connectivity index (χ3v) is 8.74. The molecule has 0 radical (unpaired) electrons. The highest BCUT2D eigenvalue weighted by molar-refractivity contribution is 8.93. The van der Waals surface area contributed by atoms with Crippen LogP contribution in [0.2, 0.25) is 20.1 Å². The van der Waals surface area contributed by atoms with Crippen LogP contribution in [0.15, 0.2) is 77.8 Å². The minimum atomic E-state index is -0.543. The monoisotopic (exact) mass is 813 g/mol. The van der Waals surface area contributed by atoms with Crippen LogP contribution in [0.3, 0.4) is 0 Å². The summed E-state index contributed by atoms with van der Waals surface area (Å²) < 4.78 is 25.4. The van der Waals surface area contributed by atoms with Gasteiger partial charge in [0.15, 0.2) is 11.7 Å². The predicted molar refractivity (Wildman–Crippen MR) is 201 cm³/mol. The van der Waals surface area contributed by atoms with Gasteiger partial charge < -0.3 is 24.6 Å². The molecule has 1 aliphatic heterocycles. The normalized spacial score (nSPS) is 13.1. The molecule has 0 bridgehead atoms. The Kier molecular flexibility index (Phi) is 14.0. The van der Waals surface area contributed by atoms with Crippen molar-refractivity contribution in [2.75, 3.05) is 44.2 Å². The van der Waals surface area contributed by atoms with E-state index >= 15 is 0 Å². The molecule has 0 aliphatic carbocycles. The van der Waals surface area contributed by atoms with Crippen molar-refractivity contribution >= 4 is 80.7 Å². The summed E-state index contributed by atoms with van der Waals surface area (Å²) in [4.78, 5) is 20.3. The van der Waals surface area contributed by atoms with Crippen LogP contribution in [-0.2, 0) is 13.0 Å². The molecule has 4 aromatic carbocycles. The van der Waals surface area contributed by atoms with E-state index in [-0.39, 0.29) is 40.0 Å². The smallest absolute Gasteiger partial charge is 0.311 e. The highest BCUT2D eigenvalue weighted by Crippen LogP contribution is 2.33. The fourth-order valence-corrected chi connectivity index (χ4v) is 6.02. The van der Waals surface area contributed by atoms with Crippen LogP contribution in [0.1, 0.15) is 18.1 Å². The molecule has 5 rings (SSSR count). The second-order valence-corrected chi connectivity index (χ2v) is 12.5. The van der Waals surface area contributed by atoms with Crippen molar-refractivity contribution in [3.8, 4) is 17.2 Å². The largest absolute Gasteiger partial charge is 0.487 e. The van der Waals surface area contributed by atoms with Gasteiger partial charge in [-0.1, -0.05) is 58.5 Å². The van der Waals surface area contributed by atoms with Crippen molar-refractivity contribution in [1.29, 1.82) is 0 Å². The van der Waals surface area contributed by atoms with E-state index in [2.05, 4.69) is 15.1 Å². The standard InChI is InChI=1S/C34H32Cl4FN5O4.BrH/c1-2-47-33-19-26(7-10-31(33)44(45)46)42-13-15-43(16-14-42)34(40-12-11-22-3-5-24(35)17-28(22)37)41-21-23-4-6-25(36)18-32(23)48-27-8-9-30(39)29(38)20-27;/h3-10,17-20H,2,11-16,21H2,1H3,(H,40,41);1H. The molecule has 0 spiro atoms. The van der Waals surface area contributed by atoms with E-state index in [1.54, 1.807) is 37.3 Å². The molecule has 1 saturated heterocycles. The SMILES string of the molecule is Br.CCOc1cc(N2CCN(C(=NCc3ccc(Cl)cc3Oc3ccc(F)c(Cl)c3)NCCc3ccc(Cl)cc3Cl)CC2)ccc1[N+](=O)[O-]. The first-order chi connectivity index (χ1) is 23.1. The maximum atomic E-state index is 13.7. The van der Waals surface area contributed by atoms with Crippen molar-refractivity contribution in [3.63, 3.8) is 0 Å². The lowest BCUT2D eigenvalue weighted by molar-refractivity contribution is -0.385. The number of guanidine groups is 1. The molecule has 0 saturated carbocycles. The van der Waals surface area contributed by atoms with E-state index in [0.717, 1.165) is 16.8 Å². The number of nitro benzene ring substituents is 1. The first kappa shape index (κ1) is 38.3. The number of rotatable bonds is 11. The minimum Gasteiger partial charge on any atom is -0.487 e. The summed E-state index contributed by atoms with van der Waals surface area (Å²) in [7, 11) is 0. The molecule has 0 aromatic heterocycles. The highest BCUT2D eigenvalue weighted by Gasteiger charge is 2.23. The van der Waals surface area contributed by atoms with Gasteiger partial charge in [-0.2, -0.15) is 0 Å². The van der Waals surface area contributed by atoms with Crippen molar-refractivity contribution in [3.05, 3.63) is 120 Å². The van der Waals surface area contributed by atoms with Gasteiger partial charge in [0.25, 0.3) is 0 Å². The molecular weight excluding hydrogens is 783 g/mol. The van der Waals surface area contributed by atoms with E-state index in [4.69, 9.17) is 60.9 Å². The van der Waals surface area contributed by atoms with Crippen LogP contribution in [0.25, 0.3) is 0 Å². The van der Waals surface area contributed by atoms with Crippen LogP contribution in [0.4, 0.5) is 15.8 Å². The van der Waals surface area contributed by atoms with E-state index < -0.39 is 10.7 Å². The van der Waals surface area contributed by atoms with Gasteiger partial charge in [-0.3, -0.25) is 10.1 Å². The van der Waals surface area contributed by atoms with Crippen LogP contribution in [0, 0.1) is 15.9 Å². The molecule has 1 N–H and O–H groups in total. The summed E-state index contributed by atoms with van der Waals surface area (Å²) in [6, 6.07) is 19.8. The first-order valence-corrected chi connectivity index (χ1v) is 16.7. The molecule has 1 aliphatic rings. The zero-order chi connectivity index (χ0) is 34.2. The van der Waals surface area contributed by atoms with Crippen LogP contribution < -0.4 is 19.7 Å². The van der Waals surface area contributed by atoms with Gasteiger partial charge in [0, 0.05) is 77.2 Å². The molecule has 9 nitrogen and oxygen atoms in total. The van der Waals surface area contributed by atoms with Gasteiger partial charge >= 0.3 is 5.69 Å². The summed E-state index contributed by atoms with van der Waals surface area (Å²) in [5.74, 6) is 1.22. The maximum absolute atomic E-state index is 13.7. The number of nitrogens with zero attached hydrogens (tertiary/aromatic N) is 4. The Morgan fingerprint density at radius 3 is 2.29 bits per heavy atom. The lowest BCUT2D eigenvalue weighted by Crippen LogP contribution is -2.52. The molecular formula is C34H33BrCl4FN5O4. The summed E-state index contributed by atoms with van der Waals surface area (Å²) in [6.07, 6.45) is 0.638. The van der Waals surface area contributed by atoms with Gasteiger partial charge in [0.05, 0.1) is 23.1 Å². The average molecular weight is 816 g/mol. The summed E-state index contributed by atoms with van der Waals surface area (Å²) in [5.41, 5.74) is 2.49. The van der Waals surface area contributed by atoms with Crippen molar-refractivity contribution in [2.45, 2.75) is 19.9 Å². The second kappa shape index (κ2) is 18.0. The number of ether oxygens (including phenoxy) is 2. The summed E-state index contributed by atoms with van der Waals surface area (Å²) in [5, 5.41) is 16.5. The number of hydrogen-bond donors (Lipinski definition) is 1. The molecule has 260 valence electrons. The Balaban J connectivity index is 0.00000541. The Hall–Kier alpha value is -3.48. The van der Waals surface area contributed by atoms with E-state index in [0.29, 0.717) is 78.3 Å². The topological polar surface area (TPSA) is 92.5 Å². The van der Waals surface area contributed by atoms with Gasteiger partial charge in [0.2, 0.25) is 0 Å². The fraction of sp³-hybridized carbons (Fsp3) is 0.265. The summed E-state index contributed by atoms with van der Waals surface area (Å²) in [6.45, 7) is 5.48. The maximum Gasteiger partial charge on any atom is 0.311 e. The molecule has 1 heterocycles. The van der Waals surface area contributed by atoms with Gasteiger partial charge in [-0.15, -0.1) is 17.0 Å². The number of nitro groups is 1. The lowest BCUT2D eigenvalue weighted by Gasteiger charge is -2.38. The number of piperazine rings is 1. The van der Waals surface area contributed by atoms with Crippen molar-refractivity contribution in [1.82, 2.24) is 10.2 Å². The number of anilines is 1. The van der Waals surface area contributed by atoms with Crippen LogP contribution in [0.5, 0.6) is 17.2 Å². The van der Waals surface area contributed by atoms with E-state index in [1.165, 1.54) is 24.3 Å². The Labute approximate surface area is 314 Å². The Morgan fingerprint density at radius 1 is 0.898 bits per heavy atom. The molecule has 0 amide bonds. The molecule has 15 heteroatoms. The number of benzene rings is 4.